The number of nitrogens with zero attached hydrogens (tertiary/aromatic N) is 4. The second kappa shape index (κ2) is 3.27. The van der Waals surface area contributed by atoms with Crippen LogP contribution in [0.2, 0.25) is 0 Å². The highest BCUT2D eigenvalue weighted by molar-refractivity contribution is 5.81. The molecule has 0 atom stereocenters. The molecule has 3 rings (SSSR count). The lowest BCUT2D eigenvalue weighted by molar-refractivity contribution is 0.310. The Morgan fingerprint density at radius 1 is 1.35 bits per heavy atom. The van der Waals surface area contributed by atoms with Crippen LogP contribution in [-0.2, 0) is 7.05 Å². The summed E-state index contributed by atoms with van der Waals surface area (Å²) >= 11 is 0. The highest BCUT2D eigenvalue weighted by Crippen LogP contribution is 2.26. The van der Waals surface area contributed by atoms with Gasteiger partial charge in [0.15, 0.2) is 23.2 Å². The van der Waals surface area contributed by atoms with Gasteiger partial charge in [-0.05, 0) is 22.4 Å². The van der Waals surface area contributed by atoms with E-state index in [1.54, 1.807) is 23.7 Å². The number of aryl methyl sites for hydroxylation is 1. The zero-order valence-electron chi connectivity index (χ0n) is 8.88. The minimum Gasteiger partial charge on any atom is -0.379 e. The lowest BCUT2D eigenvalue weighted by Crippen LogP contribution is -1.96. The number of anilines is 1. The van der Waals surface area contributed by atoms with Crippen molar-refractivity contribution < 1.29 is 9.02 Å². The van der Waals surface area contributed by atoms with Crippen LogP contribution < -0.4 is 5.73 Å². The lowest BCUT2D eigenvalue weighted by atomic mass is 10.3. The number of imidazole rings is 1. The first-order chi connectivity index (χ1) is 8.18. The van der Waals surface area contributed by atoms with Crippen LogP contribution in [0.3, 0.4) is 0 Å². The van der Waals surface area contributed by atoms with Gasteiger partial charge < -0.3 is 10.3 Å². The molecule has 0 amide bonds. The Hall–Kier alpha value is -2.44. The summed E-state index contributed by atoms with van der Waals surface area (Å²) in [4.78, 5) is 4.16. The van der Waals surface area contributed by atoms with Gasteiger partial charge >= 0.3 is 0 Å². The van der Waals surface area contributed by atoms with E-state index in [0.29, 0.717) is 17.0 Å². The molecule has 17 heavy (non-hydrogen) atoms. The summed E-state index contributed by atoms with van der Waals surface area (Å²) < 4.78 is 19.8. The van der Waals surface area contributed by atoms with Crippen molar-refractivity contribution in [3.63, 3.8) is 0 Å². The molecule has 0 aliphatic heterocycles. The van der Waals surface area contributed by atoms with Crippen molar-refractivity contribution >= 4 is 16.9 Å². The van der Waals surface area contributed by atoms with E-state index >= 15 is 0 Å². The number of para-hydroxylation sites is 1. The SMILES string of the molecule is Cn1c(-c2nonc2N)nc2c(F)cccc21. The molecular weight excluding hydrogens is 225 g/mol. The molecule has 0 aliphatic rings. The fourth-order valence-electron chi connectivity index (χ4n) is 1.74. The minimum atomic E-state index is -0.389. The number of nitrogens with two attached hydrogens (primary N) is 1. The van der Waals surface area contributed by atoms with Gasteiger partial charge in [0.05, 0.1) is 5.52 Å². The van der Waals surface area contributed by atoms with Gasteiger partial charge in [0.25, 0.3) is 0 Å². The Kier molecular flexibility index (Phi) is 1.88. The summed E-state index contributed by atoms with van der Waals surface area (Å²) in [6, 6.07) is 4.73. The fourth-order valence-corrected chi connectivity index (χ4v) is 1.74. The van der Waals surface area contributed by atoms with Gasteiger partial charge in [-0.25, -0.2) is 14.0 Å². The van der Waals surface area contributed by atoms with Gasteiger partial charge in [-0.3, -0.25) is 0 Å². The molecule has 86 valence electrons. The molecule has 0 saturated heterocycles. The molecule has 0 bridgehead atoms. The first-order valence-corrected chi connectivity index (χ1v) is 4.88. The topological polar surface area (TPSA) is 82.8 Å². The molecule has 2 aromatic heterocycles. The summed E-state index contributed by atoms with van der Waals surface area (Å²) in [6.07, 6.45) is 0. The number of aromatic nitrogens is 4. The Morgan fingerprint density at radius 3 is 2.82 bits per heavy atom. The molecule has 0 fully saturated rings. The summed E-state index contributed by atoms with van der Waals surface area (Å²) in [5, 5.41) is 7.13. The third-order valence-corrected chi connectivity index (χ3v) is 2.59. The van der Waals surface area contributed by atoms with Crippen LogP contribution in [0.4, 0.5) is 10.2 Å². The van der Waals surface area contributed by atoms with Crippen LogP contribution in [0.1, 0.15) is 0 Å². The van der Waals surface area contributed by atoms with Crippen LogP contribution in [0, 0.1) is 5.82 Å². The maximum atomic E-state index is 13.6. The molecule has 1 aromatic carbocycles. The number of nitrogen functional groups attached to an aromatic ring is 1. The summed E-state index contributed by atoms with van der Waals surface area (Å²) in [5.41, 5.74) is 6.82. The predicted molar refractivity (Wildman–Crippen MR) is 58.4 cm³/mol. The summed E-state index contributed by atoms with van der Waals surface area (Å²) in [5.74, 6) is 0.159. The van der Waals surface area contributed by atoms with Crippen LogP contribution in [0.15, 0.2) is 22.8 Å². The monoisotopic (exact) mass is 233 g/mol. The summed E-state index contributed by atoms with van der Waals surface area (Å²) in [6.45, 7) is 0. The van der Waals surface area contributed by atoms with Crippen molar-refractivity contribution in [1.29, 1.82) is 0 Å². The van der Waals surface area contributed by atoms with E-state index in [9.17, 15) is 4.39 Å². The Labute approximate surface area is 94.8 Å². The number of hydrogen-bond acceptors (Lipinski definition) is 5. The normalized spacial score (nSPS) is 11.2. The highest BCUT2D eigenvalue weighted by atomic mass is 19.1. The van der Waals surface area contributed by atoms with E-state index in [-0.39, 0.29) is 17.2 Å². The smallest absolute Gasteiger partial charge is 0.199 e. The van der Waals surface area contributed by atoms with Crippen LogP contribution in [-0.4, -0.2) is 19.9 Å². The summed E-state index contributed by atoms with van der Waals surface area (Å²) in [7, 11) is 1.75. The van der Waals surface area contributed by atoms with Gasteiger partial charge in [0.1, 0.15) is 5.52 Å². The standard InChI is InChI=1S/C10H8FN5O/c1-16-6-4-2-3-5(11)7(6)13-10(16)8-9(12)15-17-14-8/h2-4H,1H3,(H2,12,15). The predicted octanol–water partition coefficient (Wildman–Crippen LogP) is 1.34. The molecule has 0 unspecified atom stereocenters. The number of benzene rings is 1. The van der Waals surface area contributed by atoms with E-state index in [1.165, 1.54) is 6.07 Å². The number of rotatable bonds is 1. The first kappa shape index (κ1) is 9.76. The quantitative estimate of drug-likeness (QED) is 0.685. The van der Waals surface area contributed by atoms with E-state index < -0.39 is 0 Å². The van der Waals surface area contributed by atoms with Crippen molar-refractivity contribution in [2.45, 2.75) is 0 Å². The van der Waals surface area contributed by atoms with Gasteiger partial charge in [0, 0.05) is 7.05 Å². The Morgan fingerprint density at radius 2 is 2.18 bits per heavy atom. The zero-order chi connectivity index (χ0) is 12.0. The van der Waals surface area contributed by atoms with Crippen molar-refractivity contribution in [1.82, 2.24) is 19.9 Å². The molecule has 0 radical (unpaired) electrons. The molecule has 0 spiro atoms. The van der Waals surface area contributed by atoms with Crippen molar-refractivity contribution in [3.8, 4) is 11.5 Å². The first-order valence-electron chi connectivity index (χ1n) is 4.88. The van der Waals surface area contributed by atoms with Gasteiger partial charge in [0.2, 0.25) is 0 Å². The van der Waals surface area contributed by atoms with E-state index in [2.05, 4.69) is 19.9 Å². The molecule has 6 nitrogen and oxygen atoms in total. The van der Waals surface area contributed by atoms with Crippen LogP contribution in [0.5, 0.6) is 0 Å². The van der Waals surface area contributed by atoms with Crippen LogP contribution in [0.25, 0.3) is 22.6 Å². The van der Waals surface area contributed by atoms with Gasteiger partial charge in [-0.1, -0.05) is 6.07 Å². The minimum absolute atomic E-state index is 0.129. The number of hydrogen-bond donors (Lipinski definition) is 1. The van der Waals surface area contributed by atoms with Gasteiger partial charge in [-0.15, -0.1) is 0 Å². The molecule has 2 heterocycles. The molecule has 0 saturated carbocycles. The second-order valence-electron chi connectivity index (χ2n) is 3.60. The van der Waals surface area contributed by atoms with E-state index in [1.807, 2.05) is 0 Å². The average Bonchev–Trinajstić information content (AvgIpc) is 2.85. The maximum Gasteiger partial charge on any atom is 0.199 e. The Bertz CT molecular complexity index is 702. The fraction of sp³-hybridized carbons (Fsp3) is 0.100. The number of halogens is 1. The van der Waals surface area contributed by atoms with Crippen molar-refractivity contribution in [2.75, 3.05) is 5.73 Å². The molecule has 7 heteroatoms. The van der Waals surface area contributed by atoms with Crippen molar-refractivity contribution in [3.05, 3.63) is 24.0 Å². The largest absolute Gasteiger partial charge is 0.379 e. The Balaban J connectivity index is 2.36. The van der Waals surface area contributed by atoms with Crippen LogP contribution >= 0.6 is 0 Å². The lowest BCUT2D eigenvalue weighted by Gasteiger charge is -1.97. The third-order valence-electron chi connectivity index (χ3n) is 2.59. The third kappa shape index (κ3) is 1.28. The van der Waals surface area contributed by atoms with E-state index in [4.69, 9.17) is 5.73 Å². The van der Waals surface area contributed by atoms with Gasteiger partial charge in [-0.2, -0.15) is 0 Å². The molecule has 2 N–H and O–H groups in total. The van der Waals surface area contributed by atoms with Crippen molar-refractivity contribution in [2.24, 2.45) is 7.05 Å². The molecule has 3 aromatic rings. The maximum absolute atomic E-state index is 13.6. The highest BCUT2D eigenvalue weighted by Gasteiger charge is 2.18. The van der Waals surface area contributed by atoms with E-state index in [0.717, 1.165) is 0 Å². The number of fused-ring (bicyclic) bond motifs is 1. The zero-order valence-corrected chi connectivity index (χ0v) is 8.88. The molecular formula is C10H8FN5O. The second-order valence-corrected chi connectivity index (χ2v) is 3.60. The molecule has 0 aliphatic carbocycles. The average molecular weight is 233 g/mol.